The second kappa shape index (κ2) is 23.7. The number of anilines is 2. The lowest BCUT2D eigenvalue weighted by Gasteiger charge is -2.32. The Kier molecular flexibility index (Phi) is 16.5. The molecule has 1 unspecified atom stereocenters. The largest absolute Gasteiger partial charge is 0.444 e. The molecule has 0 radical (unpaired) electrons. The zero-order valence-corrected chi connectivity index (χ0v) is 40.0. The number of hydrogen-bond acceptors (Lipinski definition) is 14. The molecule has 5 amide bonds. The van der Waals surface area contributed by atoms with Crippen LogP contribution in [0.2, 0.25) is 0 Å². The second-order valence-corrected chi connectivity index (χ2v) is 18.7. The van der Waals surface area contributed by atoms with Crippen molar-refractivity contribution in [3.63, 3.8) is 0 Å². The minimum Gasteiger partial charge on any atom is -0.444 e. The maximum absolute atomic E-state index is 14.1. The Morgan fingerprint density at radius 2 is 1.56 bits per heavy atom. The maximum Gasteiger partial charge on any atom is 0.284 e. The highest BCUT2D eigenvalue weighted by atomic mass is 19.3. The van der Waals surface area contributed by atoms with E-state index in [0.29, 0.717) is 79.7 Å². The molecule has 3 aliphatic heterocycles. The molecule has 3 aromatic heterocycles. The number of imide groups is 2. The van der Waals surface area contributed by atoms with Gasteiger partial charge in [-0.05, 0) is 130 Å². The van der Waals surface area contributed by atoms with E-state index in [1.807, 2.05) is 18.2 Å². The lowest BCUT2D eigenvalue weighted by molar-refractivity contribution is -0.136. The van der Waals surface area contributed by atoms with Crippen LogP contribution in [-0.2, 0) is 36.6 Å². The third-order valence-electron chi connectivity index (χ3n) is 13.4. The molecule has 2 saturated heterocycles. The molecule has 3 N–H and O–H groups in total. The topological polar surface area (TPSA) is 212 Å². The number of hydrogen-bond donors (Lipinski definition) is 3. The number of benzene rings is 2. The summed E-state index contributed by atoms with van der Waals surface area (Å²) in [4.78, 5) is 75.3. The number of aromatic nitrogens is 4. The van der Waals surface area contributed by atoms with Gasteiger partial charge in [0, 0.05) is 37.9 Å². The van der Waals surface area contributed by atoms with Crippen molar-refractivity contribution in [3.8, 4) is 17.1 Å². The maximum atomic E-state index is 14.1. The smallest absolute Gasteiger partial charge is 0.284 e. The van der Waals surface area contributed by atoms with Crippen molar-refractivity contribution < 1.29 is 51.4 Å². The Hall–Kier alpha value is -6.74. The molecule has 18 nitrogen and oxygen atoms in total. The van der Waals surface area contributed by atoms with E-state index >= 15 is 0 Å². The molecule has 5 aromatic rings. The molecular formula is C52H59F2N9O9. The van der Waals surface area contributed by atoms with Crippen LogP contribution in [0.15, 0.2) is 77.7 Å². The number of rotatable bonds is 25. The Labute approximate surface area is 415 Å². The molecule has 1 aliphatic carbocycles. The Bertz CT molecular complexity index is 2720. The Morgan fingerprint density at radius 3 is 2.31 bits per heavy atom. The average Bonchev–Trinajstić information content (AvgIpc) is 3.80. The van der Waals surface area contributed by atoms with Crippen LogP contribution in [0.4, 0.5) is 20.3 Å². The number of halogens is 2. The quantitative estimate of drug-likeness (QED) is 0.0412. The van der Waals surface area contributed by atoms with E-state index < -0.39 is 47.7 Å². The molecule has 380 valence electrons. The molecule has 4 aliphatic rings. The summed E-state index contributed by atoms with van der Waals surface area (Å²) >= 11 is 0. The molecule has 6 heterocycles. The SMILES string of the molecule is O=C1CCC(N2C(=O)c3ccc(CC4CCN(CCOCCOCCOCCCCc5ccc(-n6cc(NC(=O)c7coc(-c8ccnc(NCC9CC9)c8)n7)c(C(F)F)n6)cc5)CC4)cc3C2=O)C(=O)N1. The summed E-state index contributed by atoms with van der Waals surface area (Å²) in [5.41, 5.74) is 3.13. The number of fused-ring (bicyclic) bond motifs is 1. The van der Waals surface area contributed by atoms with Crippen LogP contribution < -0.4 is 16.0 Å². The molecule has 72 heavy (non-hydrogen) atoms. The van der Waals surface area contributed by atoms with E-state index in [4.69, 9.17) is 18.6 Å². The molecule has 9 rings (SSSR count). The molecule has 1 saturated carbocycles. The highest BCUT2D eigenvalue weighted by Crippen LogP contribution is 2.32. The van der Waals surface area contributed by atoms with Gasteiger partial charge < -0.3 is 34.2 Å². The van der Waals surface area contributed by atoms with E-state index in [2.05, 4.69) is 35.9 Å². The summed E-state index contributed by atoms with van der Waals surface area (Å²) in [7, 11) is 0. The first kappa shape index (κ1) is 50.2. The van der Waals surface area contributed by atoms with Gasteiger partial charge in [0.05, 0.1) is 61.7 Å². The van der Waals surface area contributed by atoms with Gasteiger partial charge in [-0.3, -0.25) is 34.2 Å². The zero-order chi connectivity index (χ0) is 50.0. The highest BCUT2D eigenvalue weighted by Gasteiger charge is 2.44. The fraction of sp³-hybridized carbons (Fsp3) is 0.462. The van der Waals surface area contributed by atoms with Gasteiger partial charge in [-0.1, -0.05) is 18.2 Å². The normalized spacial score (nSPS) is 17.5. The van der Waals surface area contributed by atoms with Gasteiger partial charge in [0.15, 0.2) is 11.4 Å². The number of amides is 5. The number of nitrogens with one attached hydrogen (secondary N) is 3. The van der Waals surface area contributed by atoms with Crippen LogP contribution in [0.3, 0.4) is 0 Å². The molecule has 3 fully saturated rings. The molecule has 0 spiro atoms. The minimum absolute atomic E-state index is 0.0650. The van der Waals surface area contributed by atoms with Crippen molar-refractivity contribution in [2.45, 2.75) is 76.7 Å². The lowest BCUT2D eigenvalue weighted by atomic mass is 9.89. The first-order valence-corrected chi connectivity index (χ1v) is 24.8. The summed E-state index contributed by atoms with van der Waals surface area (Å²) < 4.78 is 52.3. The number of oxazole rings is 1. The van der Waals surface area contributed by atoms with Gasteiger partial charge in [-0.2, -0.15) is 5.10 Å². The second-order valence-electron chi connectivity index (χ2n) is 18.7. The third kappa shape index (κ3) is 12.8. The standard InChI is InChI=1S/C52H59F2N9O9/c53-47(54)46-41(57-48(65)42-32-72-50(58-42)37-14-17-55-44(29-37)56-30-35-4-5-35)31-62(60-46)38-9-6-33(7-10-38)3-1-2-21-69-23-25-71-26-24-70-22-20-61-18-15-34(16-19-61)27-36-8-11-39-40(28-36)52(68)63(51(39)67)43-12-13-45(64)59-49(43)66/h6-11,14,17,28-29,31-32,34-35,43,47H,1-5,12-13,15-16,18-27,30H2,(H,55,56)(H,57,65)(H,59,64,66). The van der Waals surface area contributed by atoms with Crippen molar-refractivity contribution >= 4 is 41.0 Å². The van der Waals surface area contributed by atoms with Crippen molar-refractivity contribution in [1.29, 1.82) is 0 Å². The van der Waals surface area contributed by atoms with Crippen LogP contribution >= 0.6 is 0 Å². The van der Waals surface area contributed by atoms with E-state index in [1.54, 1.807) is 42.6 Å². The van der Waals surface area contributed by atoms with Gasteiger partial charge in [0.25, 0.3) is 24.1 Å². The molecule has 1 atom stereocenters. The van der Waals surface area contributed by atoms with E-state index in [9.17, 15) is 32.8 Å². The average molecular weight is 992 g/mol. The molecule has 0 bridgehead atoms. The van der Waals surface area contributed by atoms with Crippen LogP contribution in [-0.4, -0.2) is 131 Å². The summed E-state index contributed by atoms with van der Waals surface area (Å²) in [5, 5.41) is 12.1. The monoisotopic (exact) mass is 991 g/mol. The number of carbonyl (C=O) groups excluding carboxylic acids is 5. The number of piperidine rings is 2. The van der Waals surface area contributed by atoms with Crippen molar-refractivity contribution in [3.05, 3.63) is 107 Å². The van der Waals surface area contributed by atoms with E-state index in [0.717, 1.165) is 80.7 Å². The number of carbonyl (C=O) groups is 5. The number of ether oxygens (including phenoxy) is 3. The minimum atomic E-state index is -2.93. The fourth-order valence-corrected chi connectivity index (χ4v) is 9.18. The van der Waals surface area contributed by atoms with Gasteiger partial charge in [-0.25, -0.2) is 23.4 Å². The molecule has 20 heteroatoms. The van der Waals surface area contributed by atoms with E-state index in [-0.39, 0.29) is 30.1 Å². The van der Waals surface area contributed by atoms with Gasteiger partial charge in [0.1, 0.15) is 18.1 Å². The fourth-order valence-electron chi connectivity index (χ4n) is 9.18. The Balaban J connectivity index is 0.600. The molecular weight excluding hydrogens is 933 g/mol. The predicted octanol–water partition coefficient (Wildman–Crippen LogP) is 6.66. The van der Waals surface area contributed by atoms with Crippen LogP contribution in [0.25, 0.3) is 17.1 Å². The number of pyridine rings is 1. The van der Waals surface area contributed by atoms with Crippen molar-refractivity contribution in [1.82, 2.24) is 34.9 Å². The van der Waals surface area contributed by atoms with Crippen molar-refractivity contribution in [2.24, 2.45) is 11.8 Å². The molecule has 2 aromatic carbocycles. The predicted molar refractivity (Wildman–Crippen MR) is 259 cm³/mol. The van der Waals surface area contributed by atoms with E-state index in [1.165, 1.54) is 30.0 Å². The number of nitrogens with zero attached hydrogens (tertiary/aromatic N) is 6. The summed E-state index contributed by atoms with van der Waals surface area (Å²) in [5.74, 6) is -0.692. The number of alkyl halides is 2. The van der Waals surface area contributed by atoms with Gasteiger partial charge in [-0.15, -0.1) is 0 Å². The number of unbranched alkanes of at least 4 members (excludes halogenated alkanes) is 1. The van der Waals surface area contributed by atoms with Gasteiger partial charge in [0.2, 0.25) is 17.7 Å². The Morgan fingerprint density at radius 1 is 0.819 bits per heavy atom. The van der Waals surface area contributed by atoms with Crippen LogP contribution in [0, 0.1) is 11.8 Å². The summed E-state index contributed by atoms with van der Waals surface area (Å²) in [6.45, 7) is 6.73. The highest BCUT2D eigenvalue weighted by molar-refractivity contribution is 6.23. The number of aryl methyl sites for hydroxylation is 1. The van der Waals surface area contributed by atoms with Crippen molar-refractivity contribution in [2.75, 3.05) is 76.5 Å². The van der Waals surface area contributed by atoms with Crippen LogP contribution in [0.1, 0.15) is 106 Å². The summed E-state index contributed by atoms with van der Waals surface area (Å²) in [6.07, 6.45) is 9.27. The zero-order valence-electron chi connectivity index (χ0n) is 40.0. The van der Waals surface area contributed by atoms with Crippen LogP contribution in [0.5, 0.6) is 0 Å². The first-order valence-electron chi connectivity index (χ1n) is 24.8. The van der Waals surface area contributed by atoms with Gasteiger partial charge >= 0.3 is 0 Å². The summed E-state index contributed by atoms with van der Waals surface area (Å²) in [6, 6.07) is 15.4. The third-order valence-corrected chi connectivity index (χ3v) is 13.4. The first-order chi connectivity index (χ1) is 35.1. The number of likely N-dealkylation sites (tertiary alicyclic amines) is 1. The lowest BCUT2D eigenvalue weighted by Crippen LogP contribution is -2.54.